The summed E-state index contributed by atoms with van der Waals surface area (Å²) in [5, 5.41) is 11.5. The van der Waals surface area contributed by atoms with E-state index >= 15 is 0 Å². The van der Waals surface area contributed by atoms with Crippen LogP contribution in [0.2, 0.25) is 10.0 Å². The number of nitriles is 1. The number of benzene rings is 2. The minimum atomic E-state index is -4.51. The average molecular weight is 472 g/mol. The van der Waals surface area contributed by atoms with E-state index in [2.05, 4.69) is 0 Å². The Morgan fingerprint density at radius 1 is 1.23 bits per heavy atom. The smallest absolute Gasteiger partial charge is 0.363 e. The number of hydroxylamine groups is 2. The molecule has 1 heterocycles. The molecule has 0 unspecified atom stereocenters. The Morgan fingerprint density at radius 2 is 1.97 bits per heavy atom. The largest absolute Gasteiger partial charge is 0.416 e. The van der Waals surface area contributed by atoms with Crippen molar-refractivity contribution in [2.75, 3.05) is 18.1 Å². The van der Waals surface area contributed by atoms with Crippen molar-refractivity contribution in [2.45, 2.75) is 45.1 Å². The monoisotopic (exact) mass is 471 g/mol. The highest BCUT2D eigenvalue weighted by Gasteiger charge is 2.35. The van der Waals surface area contributed by atoms with Crippen molar-refractivity contribution in [3.8, 4) is 6.07 Å². The molecule has 0 amide bonds. The number of hydrogen-bond acceptors (Lipinski definition) is 4. The molecule has 0 N–H and O–H groups in total. The van der Waals surface area contributed by atoms with Gasteiger partial charge in [-0.2, -0.15) is 23.5 Å². The Bertz CT molecular complexity index is 975. The van der Waals surface area contributed by atoms with Crippen molar-refractivity contribution in [2.24, 2.45) is 0 Å². The van der Waals surface area contributed by atoms with Crippen LogP contribution in [0.4, 0.5) is 18.9 Å². The third kappa shape index (κ3) is 5.64. The average Bonchev–Trinajstić information content (AvgIpc) is 2.71. The lowest BCUT2D eigenvalue weighted by Gasteiger charge is -2.41. The SMILES string of the molecule is CC(C)N1C[C@@H](N(Cc2cc(Cl)ccc2C(F)(F)F)c2ccc(C#N)c(Cl)c2)CCO1. The third-order valence-corrected chi connectivity index (χ3v) is 5.78. The fraction of sp³-hybridized carbons (Fsp3) is 0.409. The summed E-state index contributed by atoms with van der Waals surface area (Å²) in [6.45, 7) is 4.92. The molecule has 0 saturated carbocycles. The fourth-order valence-electron chi connectivity index (χ4n) is 3.63. The molecular formula is C22H22Cl2F3N3O. The molecule has 1 fully saturated rings. The molecule has 1 atom stereocenters. The van der Waals surface area contributed by atoms with Gasteiger partial charge in [0.2, 0.25) is 0 Å². The minimum absolute atomic E-state index is 0.0196. The first-order valence-corrected chi connectivity index (χ1v) is 10.6. The van der Waals surface area contributed by atoms with Gasteiger partial charge >= 0.3 is 6.18 Å². The highest BCUT2D eigenvalue weighted by Crippen LogP contribution is 2.36. The van der Waals surface area contributed by atoms with Crippen LogP contribution in [-0.2, 0) is 17.6 Å². The minimum Gasteiger partial charge on any atom is -0.363 e. The van der Waals surface area contributed by atoms with Crippen LogP contribution in [0.15, 0.2) is 36.4 Å². The van der Waals surface area contributed by atoms with Gasteiger partial charge in [-0.15, -0.1) is 0 Å². The van der Waals surface area contributed by atoms with Crippen LogP contribution in [0, 0.1) is 11.3 Å². The molecule has 166 valence electrons. The molecule has 0 spiro atoms. The second-order valence-corrected chi connectivity index (χ2v) is 8.52. The molecule has 4 nitrogen and oxygen atoms in total. The molecule has 0 radical (unpaired) electrons. The summed E-state index contributed by atoms with van der Waals surface area (Å²) >= 11 is 12.3. The molecule has 2 aromatic carbocycles. The molecule has 31 heavy (non-hydrogen) atoms. The van der Waals surface area contributed by atoms with Crippen LogP contribution in [0.5, 0.6) is 0 Å². The first kappa shape index (κ1) is 23.7. The van der Waals surface area contributed by atoms with Gasteiger partial charge in [0.15, 0.2) is 0 Å². The van der Waals surface area contributed by atoms with Crippen molar-refractivity contribution in [3.63, 3.8) is 0 Å². The highest BCUT2D eigenvalue weighted by molar-refractivity contribution is 6.32. The molecule has 0 aromatic heterocycles. The Hall–Kier alpha value is -1.98. The van der Waals surface area contributed by atoms with Crippen molar-refractivity contribution in [1.82, 2.24) is 5.06 Å². The van der Waals surface area contributed by atoms with Gasteiger partial charge in [0.1, 0.15) is 6.07 Å². The first-order valence-electron chi connectivity index (χ1n) is 9.81. The third-order valence-electron chi connectivity index (χ3n) is 5.23. The van der Waals surface area contributed by atoms with Crippen LogP contribution < -0.4 is 4.90 Å². The van der Waals surface area contributed by atoms with Crippen LogP contribution in [0.3, 0.4) is 0 Å². The fourth-order valence-corrected chi connectivity index (χ4v) is 4.04. The van der Waals surface area contributed by atoms with E-state index < -0.39 is 11.7 Å². The Labute approximate surface area is 189 Å². The van der Waals surface area contributed by atoms with E-state index in [-0.39, 0.29) is 34.2 Å². The Morgan fingerprint density at radius 3 is 2.58 bits per heavy atom. The van der Waals surface area contributed by atoms with Gasteiger partial charge in [0.05, 0.1) is 22.8 Å². The maximum atomic E-state index is 13.7. The summed E-state index contributed by atoms with van der Waals surface area (Å²) in [6.07, 6.45) is -3.88. The van der Waals surface area contributed by atoms with E-state index in [1.165, 1.54) is 12.1 Å². The zero-order valence-electron chi connectivity index (χ0n) is 17.1. The predicted molar refractivity (Wildman–Crippen MR) is 115 cm³/mol. The normalized spacial score (nSPS) is 17.6. The molecule has 1 aliphatic rings. The molecule has 9 heteroatoms. The number of hydrogen-bond donors (Lipinski definition) is 0. The second-order valence-electron chi connectivity index (χ2n) is 7.67. The summed E-state index contributed by atoms with van der Waals surface area (Å²) in [5.74, 6) is 0. The lowest BCUT2D eigenvalue weighted by atomic mass is 10.0. The van der Waals surface area contributed by atoms with Crippen LogP contribution in [0.1, 0.15) is 37.0 Å². The quantitative estimate of drug-likeness (QED) is 0.512. The maximum Gasteiger partial charge on any atom is 0.416 e. The molecule has 0 bridgehead atoms. The van der Waals surface area contributed by atoms with Crippen molar-refractivity contribution < 1.29 is 18.0 Å². The summed E-state index contributed by atoms with van der Waals surface area (Å²) in [4.78, 5) is 7.58. The molecule has 2 aromatic rings. The second kappa shape index (κ2) is 9.66. The van der Waals surface area contributed by atoms with Crippen molar-refractivity contribution in [3.05, 3.63) is 63.1 Å². The van der Waals surface area contributed by atoms with Crippen molar-refractivity contribution >= 4 is 28.9 Å². The Balaban J connectivity index is 2.04. The summed E-state index contributed by atoms with van der Waals surface area (Å²) in [6, 6.07) is 10.5. The van der Waals surface area contributed by atoms with Gasteiger partial charge in [0, 0.05) is 35.9 Å². The number of alkyl halides is 3. The van der Waals surface area contributed by atoms with Gasteiger partial charge < -0.3 is 4.90 Å². The predicted octanol–water partition coefficient (Wildman–Crippen LogP) is 6.30. The summed E-state index contributed by atoms with van der Waals surface area (Å²) in [5.41, 5.74) is 0.282. The number of rotatable bonds is 5. The topological polar surface area (TPSA) is 39.5 Å². The first-order chi connectivity index (χ1) is 14.6. The Kier molecular flexibility index (Phi) is 7.38. The van der Waals surface area contributed by atoms with Crippen LogP contribution in [0.25, 0.3) is 0 Å². The van der Waals surface area contributed by atoms with Gasteiger partial charge in [0.25, 0.3) is 0 Å². The van der Waals surface area contributed by atoms with Gasteiger partial charge in [-0.25, -0.2) is 0 Å². The number of halogens is 5. The zero-order valence-corrected chi connectivity index (χ0v) is 18.6. The van der Waals surface area contributed by atoms with Crippen LogP contribution in [-0.4, -0.2) is 30.3 Å². The van der Waals surface area contributed by atoms with E-state index in [1.807, 2.05) is 29.9 Å². The standard InChI is InChI=1S/C22H22Cl2F3N3O/c1-14(2)30-13-19(7-8-31-30)29(18-5-3-15(11-28)21(24)10-18)12-16-9-17(23)4-6-20(16)22(25,26)27/h3-6,9-10,14,19H,7-8,12-13H2,1-2H3/t19-/m0/s1. The molecule has 1 saturated heterocycles. The molecule has 1 aliphatic heterocycles. The van der Waals surface area contributed by atoms with E-state index in [0.29, 0.717) is 30.8 Å². The van der Waals surface area contributed by atoms with E-state index in [0.717, 1.165) is 6.07 Å². The lowest BCUT2D eigenvalue weighted by molar-refractivity contribution is -0.203. The van der Waals surface area contributed by atoms with E-state index in [9.17, 15) is 18.4 Å². The zero-order chi connectivity index (χ0) is 22.8. The maximum absolute atomic E-state index is 13.7. The number of anilines is 1. The number of nitrogens with zero attached hydrogens (tertiary/aromatic N) is 3. The van der Waals surface area contributed by atoms with Crippen LogP contribution >= 0.6 is 23.2 Å². The van der Waals surface area contributed by atoms with Gasteiger partial charge in [-0.3, -0.25) is 4.84 Å². The van der Waals surface area contributed by atoms with E-state index in [1.54, 1.807) is 18.2 Å². The molecular weight excluding hydrogens is 450 g/mol. The lowest BCUT2D eigenvalue weighted by Crippen LogP contribution is -2.50. The summed E-state index contributed by atoms with van der Waals surface area (Å²) < 4.78 is 41.0. The summed E-state index contributed by atoms with van der Waals surface area (Å²) in [7, 11) is 0. The van der Waals surface area contributed by atoms with Gasteiger partial charge in [-0.05, 0) is 62.2 Å². The molecule has 3 rings (SSSR count). The molecule has 0 aliphatic carbocycles. The van der Waals surface area contributed by atoms with Crippen molar-refractivity contribution in [1.29, 1.82) is 5.26 Å². The van der Waals surface area contributed by atoms with Gasteiger partial charge in [-0.1, -0.05) is 23.2 Å². The van der Waals surface area contributed by atoms with E-state index in [4.69, 9.17) is 28.0 Å². The highest BCUT2D eigenvalue weighted by atomic mass is 35.5.